The van der Waals surface area contributed by atoms with Crippen LogP contribution in [0.1, 0.15) is 5.56 Å². The Labute approximate surface area is 121 Å². The maximum Gasteiger partial charge on any atom is 0.242 e. The van der Waals surface area contributed by atoms with Gasteiger partial charge in [-0.25, -0.2) is 4.98 Å². The molecule has 1 heterocycles. The molecule has 0 aliphatic carbocycles. The molecule has 6 heteroatoms. The Balaban J connectivity index is 1.94. The van der Waals surface area contributed by atoms with Gasteiger partial charge in [0.15, 0.2) is 0 Å². The number of benzene rings is 1. The molecule has 0 bridgehead atoms. The van der Waals surface area contributed by atoms with Crippen LogP contribution in [0, 0.1) is 0 Å². The summed E-state index contributed by atoms with van der Waals surface area (Å²) in [5, 5.41) is 12.3. The molecule has 4 N–H and O–H groups in total. The molecule has 0 aliphatic heterocycles. The number of rotatable bonds is 4. The molecule has 0 radical (unpaired) electrons. The van der Waals surface area contributed by atoms with E-state index in [1.165, 1.54) is 6.20 Å². The largest absolute Gasteiger partial charge is 0.508 e. The lowest BCUT2D eigenvalue weighted by Gasteiger charge is -2.12. The van der Waals surface area contributed by atoms with E-state index < -0.39 is 6.04 Å². The fourth-order valence-electron chi connectivity index (χ4n) is 1.65. The van der Waals surface area contributed by atoms with Crippen LogP contribution in [0.3, 0.4) is 0 Å². The quantitative estimate of drug-likeness (QED) is 0.803. The second kappa shape index (κ2) is 6.36. The molecule has 0 saturated carbocycles. The summed E-state index contributed by atoms with van der Waals surface area (Å²) < 4.78 is 0. The second-order valence-corrected chi connectivity index (χ2v) is 4.76. The fourth-order valence-corrected chi connectivity index (χ4v) is 1.76. The van der Waals surface area contributed by atoms with Gasteiger partial charge in [0.25, 0.3) is 0 Å². The van der Waals surface area contributed by atoms with Crippen molar-refractivity contribution in [1.29, 1.82) is 0 Å². The van der Waals surface area contributed by atoms with Crippen LogP contribution >= 0.6 is 11.6 Å². The van der Waals surface area contributed by atoms with Gasteiger partial charge in [0, 0.05) is 6.20 Å². The van der Waals surface area contributed by atoms with E-state index >= 15 is 0 Å². The molecule has 20 heavy (non-hydrogen) atoms. The third-order valence-electron chi connectivity index (χ3n) is 2.71. The highest BCUT2D eigenvalue weighted by Gasteiger charge is 2.14. The number of anilines is 1. The summed E-state index contributed by atoms with van der Waals surface area (Å²) in [5.74, 6) is 0.255. The summed E-state index contributed by atoms with van der Waals surface area (Å²) in [6.45, 7) is 0. The van der Waals surface area contributed by atoms with Crippen molar-refractivity contribution in [3.8, 4) is 5.75 Å². The minimum absolute atomic E-state index is 0.178. The van der Waals surface area contributed by atoms with Crippen LogP contribution < -0.4 is 11.1 Å². The molecule has 0 unspecified atom stereocenters. The van der Waals surface area contributed by atoms with Crippen LogP contribution in [0.15, 0.2) is 42.6 Å². The Morgan fingerprint density at radius 3 is 2.60 bits per heavy atom. The van der Waals surface area contributed by atoms with Gasteiger partial charge in [-0.3, -0.25) is 4.79 Å². The molecule has 0 saturated heterocycles. The lowest BCUT2D eigenvalue weighted by Crippen LogP contribution is -2.37. The highest BCUT2D eigenvalue weighted by Crippen LogP contribution is 2.12. The van der Waals surface area contributed by atoms with E-state index in [2.05, 4.69) is 10.3 Å². The van der Waals surface area contributed by atoms with Crippen molar-refractivity contribution in [3.63, 3.8) is 0 Å². The number of phenolic OH excluding ortho intramolecular Hbond substituents is 1. The SMILES string of the molecule is N[C@H](Cc1ccc(O)cc1)C(=O)Nc1ccc(Cl)cn1. The lowest BCUT2D eigenvalue weighted by molar-refractivity contribution is -0.117. The molecular formula is C14H14ClN3O2. The molecule has 2 aromatic rings. The topological polar surface area (TPSA) is 88.2 Å². The normalized spacial score (nSPS) is 11.9. The second-order valence-electron chi connectivity index (χ2n) is 4.33. The molecule has 104 valence electrons. The van der Waals surface area contributed by atoms with Crippen molar-refractivity contribution in [3.05, 3.63) is 53.2 Å². The fraction of sp³-hybridized carbons (Fsp3) is 0.143. The smallest absolute Gasteiger partial charge is 0.242 e. The number of hydrogen-bond donors (Lipinski definition) is 3. The van der Waals surface area contributed by atoms with Crippen molar-refractivity contribution in [2.75, 3.05) is 5.32 Å². The van der Waals surface area contributed by atoms with Gasteiger partial charge in [0.2, 0.25) is 5.91 Å². The van der Waals surface area contributed by atoms with Crippen molar-refractivity contribution in [2.45, 2.75) is 12.5 Å². The van der Waals surface area contributed by atoms with Gasteiger partial charge in [0.05, 0.1) is 11.1 Å². The van der Waals surface area contributed by atoms with Crippen molar-refractivity contribution in [2.24, 2.45) is 5.73 Å². The number of carbonyl (C=O) groups excluding carboxylic acids is 1. The van der Waals surface area contributed by atoms with E-state index in [4.69, 9.17) is 17.3 Å². The van der Waals surface area contributed by atoms with Gasteiger partial charge in [-0.15, -0.1) is 0 Å². The van der Waals surface area contributed by atoms with E-state index in [9.17, 15) is 9.90 Å². The number of pyridine rings is 1. The Hall–Kier alpha value is -2.11. The molecule has 1 aromatic heterocycles. The molecule has 0 fully saturated rings. The van der Waals surface area contributed by atoms with Gasteiger partial charge >= 0.3 is 0 Å². The molecule has 0 aliphatic rings. The summed E-state index contributed by atoms with van der Waals surface area (Å²) >= 11 is 5.71. The first-order valence-electron chi connectivity index (χ1n) is 6.00. The van der Waals surface area contributed by atoms with Gasteiger partial charge in [0.1, 0.15) is 11.6 Å². The number of halogens is 1. The standard InChI is InChI=1S/C14H14ClN3O2/c15-10-3-6-13(17-8-10)18-14(20)12(16)7-9-1-4-11(19)5-2-9/h1-6,8,12,19H,7,16H2,(H,17,18,20)/t12-/m1/s1. The molecule has 2 rings (SSSR count). The predicted molar refractivity (Wildman–Crippen MR) is 77.7 cm³/mol. The maximum absolute atomic E-state index is 11.9. The number of carbonyl (C=O) groups is 1. The summed E-state index contributed by atoms with van der Waals surface area (Å²) in [4.78, 5) is 15.9. The number of aromatic hydroxyl groups is 1. The molecular weight excluding hydrogens is 278 g/mol. The zero-order valence-corrected chi connectivity index (χ0v) is 11.3. The molecule has 1 amide bonds. The van der Waals surface area contributed by atoms with Crippen LogP contribution in [0.25, 0.3) is 0 Å². The van der Waals surface area contributed by atoms with Gasteiger partial charge in [-0.2, -0.15) is 0 Å². The molecule has 5 nitrogen and oxygen atoms in total. The zero-order chi connectivity index (χ0) is 14.5. The van der Waals surface area contributed by atoms with Crippen LogP contribution in [-0.4, -0.2) is 22.0 Å². The Bertz CT molecular complexity index is 584. The van der Waals surface area contributed by atoms with E-state index in [0.717, 1.165) is 5.56 Å². The van der Waals surface area contributed by atoms with Crippen molar-refractivity contribution < 1.29 is 9.90 Å². The number of phenols is 1. The van der Waals surface area contributed by atoms with Crippen molar-refractivity contribution in [1.82, 2.24) is 4.98 Å². The summed E-state index contributed by atoms with van der Waals surface area (Å²) in [5.41, 5.74) is 6.71. The first kappa shape index (κ1) is 14.3. The minimum Gasteiger partial charge on any atom is -0.508 e. The first-order chi connectivity index (χ1) is 9.54. The van der Waals surface area contributed by atoms with E-state index in [0.29, 0.717) is 17.3 Å². The monoisotopic (exact) mass is 291 g/mol. The number of amides is 1. The Kier molecular flexibility index (Phi) is 4.55. The van der Waals surface area contributed by atoms with Gasteiger partial charge in [-0.1, -0.05) is 23.7 Å². The highest BCUT2D eigenvalue weighted by molar-refractivity contribution is 6.30. The highest BCUT2D eigenvalue weighted by atomic mass is 35.5. The van der Waals surface area contributed by atoms with E-state index in [-0.39, 0.29) is 11.7 Å². The molecule has 1 atom stereocenters. The van der Waals surface area contributed by atoms with Crippen LogP contribution in [0.5, 0.6) is 5.75 Å². The van der Waals surface area contributed by atoms with Crippen LogP contribution in [-0.2, 0) is 11.2 Å². The number of nitrogens with one attached hydrogen (secondary N) is 1. The number of nitrogens with zero attached hydrogens (tertiary/aromatic N) is 1. The lowest BCUT2D eigenvalue weighted by atomic mass is 10.1. The summed E-state index contributed by atoms with van der Waals surface area (Å²) in [7, 11) is 0. The molecule has 0 spiro atoms. The molecule has 1 aromatic carbocycles. The van der Waals surface area contributed by atoms with E-state index in [1.807, 2.05) is 0 Å². The van der Waals surface area contributed by atoms with Gasteiger partial charge in [-0.05, 0) is 36.2 Å². The number of hydrogen-bond acceptors (Lipinski definition) is 4. The van der Waals surface area contributed by atoms with Crippen LogP contribution in [0.2, 0.25) is 5.02 Å². The van der Waals surface area contributed by atoms with E-state index in [1.54, 1.807) is 36.4 Å². The average Bonchev–Trinajstić information content (AvgIpc) is 2.44. The zero-order valence-electron chi connectivity index (χ0n) is 10.6. The maximum atomic E-state index is 11.9. The van der Waals surface area contributed by atoms with Gasteiger partial charge < -0.3 is 16.2 Å². The predicted octanol–water partition coefficient (Wildman–Crippen LogP) is 1.95. The Morgan fingerprint density at radius 1 is 1.30 bits per heavy atom. The number of aromatic nitrogens is 1. The van der Waals surface area contributed by atoms with Crippen LogP contribution in [0.4, 0.5) is 5.82 Å². The summed E-state index contributed by atoms with van der Waals surface area (Å²) in [6, 6.07) is 9.10. The third-order valence-corrected chi connectivity index (χ3v) is 2.93. The average molecular weight is 292 g/mol. The summed E-state index contributed by atoms with van der Waals surface area (Å²) in [6.07, 6.45) is 1.82. The van der Waals surface area contributed by atoms with Crippen molar-refractivity contribution >= 4 is 23.3 Å². The Morgan fingerprint density at radius 2 is 2.00 bits per heavy atom. The minimum atomic E-state index is -0.697. The third kappa shape index (κ3) is 3.94. The first-order valence-corrected chi connectivity index (χ1v) is 6.38. The number of nitrogens with two attached hydrogens (primary N) is 1.